The van der Waals surface area contributed by atoms with Crippen molar-refractivity contribution in [2.45, 2.75) is 0 Å². The number of carbonyl (C=O) groups excluding carboxylic acids is 1. The molecule has 0 bridgehead atoms. The van der Waals surface area contributed by atoms with Crippen LogP contribution in [-0.4, -0.2) is 28.7 Å². The maximum Gasteiger partial charge on any atom is 0.341 e. The number of benzene rings is 1. The molecule has 1 aromatic rings. The summed E-state index contributed by atoms with van der Waals surface area (Å²) >= 11 is 4.81. The number of ether oxygens (including phenoxy) is 1. The number of thiocarbonyl (C=S) groups is 1. The molecule has 1 saturated heterocycles. The first-order valence-electron chi connectivity index (χ1n) is 5.34. The average molecular weight is 278 g/mol. The fourth-order valence-corrected chi connectivity index (χ4v) is 1.71. The monoisotopic (exact) mass is 278 g/mol. The number of rotatable bonds is 4. The third-order valence-electron chi connectivity index (χ3n) is 2.29. The predicted octanol–water partition coefficient (Wildman–Crippen LogP) is 0.495. The number of carboxylic acids is 1. The van der Waals surface area contributed by atoms with Crippen LogP contribution in [0.25, 0.3) is 6.08 Å². The Morgan fingerprint density at radius 1 is 1.37 bits per heavy atom. The zero-order valence-electron chi connectivity index (χ0n) is 9.67. The molecule has 7 heteroatoms. The SMILES string of the molecule is O=C(O)COc1ccccc1/C=C1\NC(=S)NC1=O. The highest BCUT2D eigenvalue weighted by atomic mass is 32.1. The third kappa shape index (κ3) is 3.29. The van der Waals surface area contributed by atoms with E-state index in [1.54, 1.807) is 30.3 Å². The van der Waals surface area contributed by atoms with Crippen LogP contribution >= 0.6 is 12.2 Å². The van der Waals surface area contributed by atoms with Crippen LogP contribution in [0, 0.1) is 0 Å². The molecule has 0 aromatic heterocycles. The molecule has 0 radical (unpaired) electrons. The van der Waals surface area contributed by atoms with E-state index in [9.17, 15) is 9.59 Å². The van der Waals surface area contributed by atoms with Gasteiger partial charge in [-0.15, -0.1) is 0 Å². The molecule has 1 aliphatic heterocycles. The summed E-state index contributed by atoms with van der Waals surface area (Å²) in [4.78, 5) is 22.0. The Morgan fingerprint density at radius 3 is 2.74 bits per heavy atom. The Bertz CT molecular complexity index is 583. The Hall–Kier alpha value is -2.41. The lowest BCUT2D eigenvalue weighted by Crippen LogP contribution is -2.21. The second kappa shape index (κ2) is 5.49. The summed E-state index contributed by atoms with van der Waals surface area (Å²) in [5, 5.41) is 14.0. The highest BCUT2D eigenvalue weighted by molar-refractivity contribution is 7.80. The van der Waals surface area contributed by atoms with Crippen LogP contribution in [0.3, 0.4) is 0 Å². The third-order valence-corrected chi connectivity index (χ3v) is 2.49. The van der Waals surface area contributed by atoms with Gasteiger partial charge in [-0.2, -0.15) is 0 Å². The van der Waals surface area contributed by atoms with Crippen LogP contribution in [0.4, 0.5) is 0 Å². The number of carboxylic acid groups (broad SMARTS) is 1. The number of hydrogen-bond donors (Lipinski definition) is 3. The molecule has 0 aliphatic carbocycles. The first-order chi connectivity index (χ1) is 9.06. The molecular weight excluding hydrogens is 268 g/mol. The summed E-state index contributed by atoms with van der Waals surface area (Å²) in [7, 11) is 0. The van der Waals surface area contributed by atoms with E-state index in [0.717, 1.165) is 0 Å². The first kappa shape index (κ1) is 13.0. The molecule has 0 saturated carbocycles. The highest BCUT2D eigenvalue weighted by Crippen LogP contribution is 2.21. The minimum absolute atomic E-state index is 0.236. The van der Waals surface area contributed by atoms with Crippen molar-refractivity contribution in [1.29, 1.82) is 0 Å². The number of nitrogens with one attached hydrogen (secondary N) is 2. The van der Waals surface area contributed by atoms with Crippen molar-refractivity contribution in [2.75, 3.05) is 6.61 Å². The van der Waals surface area contributed by atoms with Gasteiger partial charge in [-0.25, -0.2) is 4.79 Å². The molecule has 6 nitrogen and oxygen atoms in total. The number of aliphatic carboxylic acids is 1. The molecule has 1 aliphatic rings. The van der Waals surface area contributed by atoms with Crippen LogP contribution in [0.15, 0.2) is 30.0 Å². The molecule has 1 heterocycles. The normalized spacial score (nSPS) is 16.1. The lowest BCUT2D eigenvalue weighted by Gasteiger charge is -2.07. The van der Waals surface area contributed by atoms with E-state index >= 15 is 0 Å². The zero-order valence-corrected chi connectivity index (χ0v) is 10.5. The van der Waals surface area contributed by atoms with Crippen LogP contribution in [-0.2, 0) is 9.59 Å². The van der Waals surface area contributed by atoms with Crippen LogP contribution < -0.4 is 15.4 Å². The molecule has 3 N–H and O–H groups in total. The maximum absolute atomic E-state index is 11.5. The molecule has 1 aromatic carbocycles. The van der Waals surface area contributed by atoms with Crippen molar-refractivity contribution in [2.24, 2.45) is 0 Å². The molecule has 2 rings (SSSR count). The van der Waals surface area contributed by atoms with E-state index in [0.29, 0.717) is 11.3 Å². The van der Waals surface area contributed by atoms with Gasteiger partial charge in [0.15, 0.2) is 11.7 Å². The topological polar surface area (TPSA) is 87.7 Å². The second-order valence-corrected chi connectivity index (χ2v) is 4.09. The molecule has 0 atom stereocenters. The summed E-state index contributed by atoms with van der Waals surface area (Å²) in [6, 6.07) is 6.80. The lowest BCUT2D eigenvalue weighted by molar-refractivity contribution is -0.139. The summed E-state index contributed by atoms with van der Waals surface area (Å²) in [5.41, 5.74) is 0.877. The van der Waals surface area contributed by atoms with E-state index in [-0.39, 0.29) is 16.7 Å². The molecule has 1 amide bonds. The number of hydrogen-bond acceptors (Lipinski definition) is 4. The molecule has 0 unspecified atom stereocenters. The van der Waals surface area contributed by atoms with Gasteiger partial charge in [0, 0.05) is 5.56 Å². The van der Waals surface area contributed by atoms with Crippen molar-refractivity contribution >= 4 is 35.3 Å². The van der Waals surface area contributed by atoms with Gasteiger partial charge in [-0.1, -0.05) is 18.2 Å². The Labute approximate surface area is 114 Å². The van der Waals surface area contributed by atoms with Gasteiger partial charge in [-0.05, 0) is 24.4 Å². The van der Waals surface area contributed by atoms with Crippen molar-refractivity contribution in [3.8, 4) is 5.75 Å². The fourth-order valence-electron chi connectivity index (χ4n) is 1.51. The van der Waals surface area contributed by atoms with Crippen molar-refractivity contribution in [3.05, 3.63) is 35.5 Å². The van der Waals surface area contributed by atoms with Gasteiger partial charge in [0.05, 0.1) is 0 Å². The van der Waals surface area contributed by atoms with Crippen molar-refractivity contribution in [3.63, 3.8) is 0 Å². The van der Waals surface area contributed by atoms with Crippen LogP contribution in [0.2, 0.25) is 0 Å². The Balaban J connectivity index is 2.25. The summed E-state index contributed by atoms with van der Waals surface area (Å²) in [5.74, 6) is -1.02. The fraction of sp³-hybridized carbons (Fsp3) is 0.0833. The lowest BCUT2D eigenvalue weighted by atomic mass is 10.1. The second-order valence-electron chi connectivity index (χ2n) is 3.69. The molecule has 19 heavy (non-hydrogen) atoms. The van der Waals surface area contributed by atoms with E-state index in [2.05, 4.69) is 10.6 Å². The quantitative estimate of drug-likeness (QED) is 0.549. The van der Waals surface area contributed by atoms with Gasteiger partial charge in [0.1, 0.15) is 11.4 Å². The maximum atomic E-state index is 11.5. The highest BCUT2D eigenvalue weighted by Gasteiger charge is 2.20. The van der Waals surface area contributed by atoms with Gasteiger partial charge >= 0.3 is 5.97 Å². The zero-order chi connectivity index (χ0) is 13.8. The first-order valence-corrected chi connectivity index (χ1v) is 5.75. The minimum Gasteiger partial charge on any atom is -0.481 e. The van der Waals surface area contributed by atoms with E-state index < -0.39 is 12.6 Å². The molecule has 1 fully saturated rings. The van der Waals surface area contributed by atoms with Crippen molar-refractivity contribution < 1.29 is 19.4 Å². The largest absolute Gasteiger partial charge is 0.481 e. The standard InChI is InChI=1S/C12H10N2O4S/c15-10(16)6-18-9-4-2-1-3-7(9)5-8-11(17)14-12(19)13-8/h1-5H,6H2,(H,15,16)(H2,13,14,17,19)/b8-5-. The van der Waals surface area contributed by atoms with E-state index in [1.165, 1.54) is 0 Å². The predicted molar refractivity (Wildman–Crippen MR) is 71.4 cm³/mol. The van der Waals surface area contributed by atoms with Gasteiger partial charge in [0.25, 0.3) is 5.91 Å². The van der Waals surface area contributed by atoms with Gasteiger partial charge in [-0.3, -0.25) is 10.1 Å². The average Bonchev–Trinajstić information content (AvgIpc) is 2.67. The summed E-state index contributed by atoms with van der Waals surface area (Å²) < 4.78 is 5.13. The number of para-hydroxylation sites is 1. The van der Waals surface area contributed by atoms with E-state index in [4.69, 9.17) is 22.1 Å². The van der Waals surface area contributed by atoms with Crippen LogP contribution in [0.1, 0.15) is 5.56 Å². The van der Waals surface area contributed by atoms with Gasteiger partial charge in [0.2, 0.25) is 0 Å². The number of amides is 1. The Morgan fingerprint density at radius 2 is 2.11 bits per heavy atom. The minimum atomic E-state index is -1.07. The van der Waals surface area contributed by atoms with Gasteiger partial charge < -0.3 is 15.2 Å². The van der Waals surface area contributed by atoms with Crippen molar-refractivity contribution in [1.82, 2.24) is 10.6 Å². The summed E-state index contributed by atoms with van der Waals surface area (Å²) in [6.07, 6.45) is 1.55. The van der Waals surface area contributed by atoms with E-state index in [1.807, 2.05) is 0 Å². The van der Waals surface area contributed by atoms with Crippen LogP contribution in [0.5, 0.6) is 5.75 Å². The Kier molecular flexibility index (Phi) is 3.76. The summed E-state index contributed by atoms with van der Waals surface area (Å²) in [6.45, 7) is -0.446. The molecular formula is C12H10N2O4S. The number of carbonyl (C=O) groups is 2. The molecule has 0 spiro atoms. The smallest absolute Gasteiger partial charge is 0.341 e. The molecule has 98 valence electrons.